The largest absolute Gasteiger partial charge is 1.00 e. The molecule has 0 aromatic heterocycles. The van der Waals surface area contributed by atoms with Gasteiger partial charge in [0.2, 0.25) is 0 Å². The van der Waals surface area contributed by atoms with E-state index in [0.717, 1.165) is 0 Å². The average molecular weight is 184 g/mol. The van der Waals surface area contributed by atoms with Crippen LogP contribution in [0.15, 0.2) is 0 Å². The van der Waals surface area contributed by atoms with Gasteiger partial charge in [-0.25, -0.2) is 4.57 Å². The van der Waals surface area contributed by atoms with Crippen LogP contribution in [0.25, 0.3) is 0 Å². The summed E-state index contributed by atoms with van der Waals surface area (Å²) in [6.07, 6.45) is 0. The second-order valence-corrected chi connectivity index (χ2v) is 2.88. The minimum absolute atomic E-state index is 0. The second kappa shape index (κ2) is 4.91. The van der Waals surface area contributed by atoms with Crippen molar-refractivity contribution in [3.8, 4) is 0 Å². The Balaban J connectivity index is -0.000000245. The zero-order valence-electron chi connectivity index (χ0n) is 5.42. The van der Waals surface area contributed by atoms with Gasteiger partial charge in [0, 0.05) is 0 Å². The third-order valence-electron chi connectivity index (χ3n) is 0.173. The van der Waals surface area contributed by atoms with Crippen LogP contribution in [0.3, 0.4) is 0 Å². The van der Waals surface area contributed by atoms with E-state index in [1.165, 1.54) is 0 Å². The summed E-state index contributed by atoms with van der Waals surface area (Å²) in [6.45, 7) is 0. The first-order chi connectivity index (χ1) is 3.42. The second-order valence-electron chi connectivity index (χ2n) is 0.796. The molecule has 6 nitrogen and oxygen atoms in total. The molecule has 0 amide bonds. The molecule has 0 aromatic carbocycles. The third-order valence-corrected chi connectivity index (χ3v) is 1.56. The average Bonchev–Trinajstić information content (AvgIpc) is 1.21. The van der Waals surface area contributed by atoms with Gasteiger partial charge < -0.3 is 16.1 Å². The number of hydrogen-bond acceptors (Lipinski definition) is 4. The van der Waals surface area contributed by atoms with E-state index < -0.39 is 16.1 Å². The van der Waals surface area contributed by atoms with Gasteiger partial charge in [-0.2, -0.15) is 0 Å². The molecule has 9 heteroatoms. The van der Waals surface area contributed by atoms with E-state index in [0.29, 0.717) is 0 Å². The van der Waals surface area contributed by atoms with Gasteiger partial charge in [0.1, 0.15) is 0 Å². The maximum Gasteiger partial charge on any atom is 1.00 e. The Labute approximate surface area is 75.2 Å². The number of rotatable bonds is 2. The Hall–Kier alpha value is 1.17. The first kappa shape index (κ1) is 12.8. The summed E-state index contributed by atoms with van der Waals surface area (Å²) >= 11 is 0. The summed E-state index contributed by atoms with van der Waals surface area (Å²) in [5, 5.41) is 0. The molecule has 0 fully saturated rings. The van der Waals surface area contributed by atoms with E-state index >= 15 is 0 Å². The predicted molar refractivity (Wildman–Crippen MR) is 21.8 cm³/mol. The Morgan fingerprint density at radius 2 is 2.00 bits per heavy atom. The van der Waals surface area contributed by atoms with Crippen molar-refractivity contribution in [2.75, 3.05) is 0 Å². The van der Waals surface area contributed by atoms with Gasteiger partial charge in [0.05, 0.1) is 0 Å². The van der Waals surface area contributed by atoms with Crippen molar-refractivity contribution >= 4 is 16.1 Å². The molecule has 0 aliphatic heterocycles. The van der Waals surface area contributed by atoms with E-state index in [-0.39, 0.29) is 31.0 Å². The molecule has 0 bridgehead atoms. The van der Waals surface area contributed by atoms with Gasteiger partial charge >= 0.3 is 45.6 Å². The van der Waals surface area contributed by atoms with Crippen LogP contribution in [0.5, 0.6) is 0 Å². The van der Waals surface area contributed by atoms with E-state index in [4.69, 9.17) is 9.79 Å². The van der Waals surface area contributed by atoms with E-state index in [1.807, 2.05) is 0 Å². The molecule has 1 unspecified atom stereocenters. The smallest absolute Gasteiger partial charge is 1.00 e. The van der Waals surface area contributed by atoms with Crippen molar-refractivity contribution in [3.63, 3.8) is 0 Å². The molecule has 0 radical (unpaired) electrons. The first-order valence-corrected chi connectivity index (χ1v) is 3.94. The summed E-state index contributed by atoms with van der Waals surface area (Å²) < 4.78 is 21.9. The van der Waals surface area contributed by atoms with Crippen LogP contribution in [0.1, 0.15) is 1.43 Å². The van der Waals surface area contributed by atoms with Crippen LogP contribution in [-0.4, -0.2) is 9.79 Å². The number of phosphoric acid groups is 1. The zero-order chi connectivity index (χ0) is 6.78. The molecule has 0 aliphatic rings. The molecule has 0 rings (SSSR count). The molecule has 0 aliphatic carbocycles. The molecule has 0 saturated carbocycles. The minimum atomic E-state index is -4.82. The monoisotopic (exact) mass is 184 g/mol. The van der Waals surface area contributed by atoms with Crippen molar-refractivity contribution in [1.82, 2.24) is 0 Å². The van der Waals surface area contributed by atoms with Gasteiger partial charge in [-0.1, -0.05) is 0 Å². The SMILES string of the molecule is O=[P+]([O-])OP(=O)(O)O.[H-].[Na+]. The zero-order valence-corrected chi connectivity index (χ0v) is 8.21. The van der Waals surface area contributed by atoms with Crippen LogP contribution in [0.2, 0.25) is 0 Å². The first-order valence-electron chi connectivity index (χ1n) is 1.31. The fourth-order valence-electron chi connectivity index (χ4n) is 0.0868. The van der Waals surface area contributed by atoms with Gasteiger partial charge in [-0.3, -0.25) is 0 Å². The van der Waals surface area contributed by atoms with Crippen molar-refractivity contribution in [2.45, 2.75) is 0 Å². The minimum Gasteiger partial charge on any atom is -1.00 e. The standard InChI is InChI=1S/Na.H2O6P2.H/c;1-7(2)6-8(3,4)5;/h;(H2,3,4,5);/q+1;;-1. The summed E-state index contributed by atoms with van der Waals surface area (Å²) in [5.74, 6) is 0. The van der Waals surface area contributed by atoms with Crippen molar-refractivity contribution in [3.05, 3.63) is 0 Å². The van der Waals surface area contributed by atoms with Gasteiger partial charge in [0.15, 0.2) is 0 Å². The maximum atomic E-state index is 9.53. The van der Waals surface area contributed by atoms with Crippen molar-refractivity contribution in [1.29, 1.82) is 0 Å². The summed E-state index contributed by atoms with van der Waals surface area (Å²) in [5.41, 5.74) is 0. The Kier molecular flexibility index (Phi) is 6.98. The fourth-order valence-corrected chi connectivity index (χ4v) is 0.782. The van der Waals surface area contributed by atoms with Gasteiger partial charge in [-0.15, -0.1) is 0 Å². The summed E-state index contributed by atoms with van der Waals surface area (Å²) in [7, 11) is -8.27. The van der Waals surface area contributed by atoms with Crippen LogP contribution < -0.4 is 34.5 Å². The summed E-state index contributed by atoms with van der Waals surface area (Å²) in [6, 6.07) is 0. The Bertz CT molecular complexity index is 139. The summed E-state index contributed by atoms with van der Waals surface area (Å²) in [4.78, 5) is 24.7. The quantitative estimate of drug-likeness (QED) is 0.337. The van der Waals surface area contributed by atoms with Crippen LogP contribution in [0, 0.1) is 0 Å². The van der Waals surface area contributed by atoms with Crippen LogP contribution in [-0.2, 0) is 13.4 Å². The molecular weight excluding hydrogens is 181 g/mol. The molecule has 9 heavy (non-hydrogen) atoms. The Morgan fingerprint density at radius 1 is 1.67 bits per heavy atom. The van der Waals surface area contributed by atoms with E-state index in [1.54, 1.807) is 0 Å². The van der Waals surface area contributed by atoms with Crippen molar-refractivity contribution in [2.24, 2.45) is 0 Å². The van der Waals surface area contributed by atoms with Gasteiger partial charge in [0.25, 0.3) is 0 Å². The molecule has 0 saturated heterocycles. The predicted octanol–water partition coefficient (Wildman–Crippen LogP) is -3.77. The fraction of sp³-hybridized carbons (Fsp3) is 0. The molecule has 2 N–H and O–H groups in total. The number of hydrogen-bond donors (Lipinski definition) is 2. The molecule has 50 valence electrons. The topological polar surface area (TPSA) is 107 Å². The van der Waals surface area contributed by atoms with Crippen LogP contribution >= 0.6 is 16.1 Å². The maximum absolute atomic E-state index is 9.53. The molecule has 0 aromatic rings. The van der Waals surface area contributed by atoms with Gasteiger partial charge in [-0.05, 0) is 8.88 Å². The Morgan fingerprint density at radius 3 is 2.00 bits per heavy atom. The molecular formula is H3NaO6P2. The van der Waals surface area contributed by atoms with E-state index in [9.17, 15) is 14.0 Å². The third kappa shape index (κ3) is 12.4. The molecule has 0 spiro atoms. The normalized spacial score (nSPS) is 12.1. The van der Waals surface area contributed by atoms with E-state index in [2.05, 4.69) is 4.31 Å². The molecule has 0 heterocycles. The molecule has 1 atom stereocenters. The van der Waals surface area contributed by atoms with Crippen molar-refractivity contribution < 1.29 is 59.1 Å². The van der Waals surface area contributed by atoms with Crippen LogP contribution in [0.4, 0.5) is 0 Å².